The second-order valence-electron chi connectivity index (χ2n) is 4.74. The van der Waals surface area contributed by atoms with Crippen LogP contribution in [0.25, 0.3) is 0 Å². The zero-order valence-corrected chi connectivity index (χ0v) is 12.8. The molecule has 2 nitrogen and oxygen atoms in total. The first-order valence-electron chi connectivity index (χ1n) is 6.12. The molecule has 2 aromatic rings. The van der Waals surface area contributed by atoms with Crippen LogP contribution in [-0.2, 0) is 0 Å². The minimum Gasteiger partial charge on any atom is -0.322 e. The van der Waals surface area contributed by atoms with E-state index in [-0.39, 0.29) is 5.91 Å². The number of rotatable bonds is 2. The number of hydrogen-bond donors (Lipinski definition) is 1. The highest BCUT2D eigenvalue weighted by Crippen LogP contribution is 2.21. The first-order chi connectivity index (χ1) is 8.97. The van der Waals surface area contributed by atoms with Gasteiger partial charge in [0.05, 0.1) is 0 Å². The van der Waals surface area contributed by atoms with Gasteiger partial charge in [0, 0.05) is 15.7 Å². The Balaban J connectivity index is 2.31. The second-order valence-corrected chi connectivity index (χ2v) is 5.65. The molecule has 0 atom stereocenters. The highest BCUT2D eigenvalue weighted by molar-refractivity contribution is 9.10. The van der Waals surface area contributed by atoms with Crippen LogP contribution in [0.5, 0.6) is 0 Å². The molecular weight excluding hydrogens is 302 g/mol. The summed E-state index contributed by atoms with van der Waals surface area (Å²) in [6.07, 6.45) is 0. The Kier molecular flexibility index (Phi) is 4.05. The largest absolute Gasteiger partial charge is 0.322 e. The highest BCUT2D eigenvalue weighted by atomic mass is 79.9. The molecule has 0 unspecified atom stereocenters. The molecule has 0 aliphatic carbocycles. The Labute approximate surface area is 122 Å². The van der Waals surface area contributed by atoms with E-state index < -0.39 is 0 Å². The van der Waals surface area contributed by atoms with Crippen molar-refractivity contribution in [3.05, 3.63) is 63.1 Å². The third kappa shape index (κ3) is 3.24. The molecule has 1 N–H and O–H groups in total. The van der Waals surface area contributed by atoms with Crippen LogP contribution < -0.4 is 5.32 Å². The van der Waals surface area contributed by atoms with E-state index in [4.69, 9.17) is 0 Å². The summed E-state index contributed by atoms with van der Waals surface area (Å²) in [7, 11) is 0. The Bertz CT molecular complexity index is 594. The fourth-order valence-electron chi connectivity index (χ4n) is 2.06. The van der Waals surface area contributed by atoms with Gasteiger partial charge in [-0.05, 0) is 55.7 Å². The molecule has 0 saturated heterocycles. The number of para-hydroxylation sites is 1. The Morgan fingerprint density at radius 3 is 2.26 bits per heavy atom. The number of benzene rings is 2. The van der Waals surface area contributed by atoms with Crippen LogP contribution in [0.1, 0.15) is 27.0 Å². The standard InChI is InChI=1S/C16H16BrNO/c1-10-7-13(9-14(17)8-10)16(19)18-15-11(2)5-4-6-12(15)3/h4-9H,1-3H3,(H,18,19). The van der Waals surface area contributed by atoms with Crippen molar-refractivity contribution in [2.24, 2.45) is 0 Å². The molecule has 0 fully saturated rings. The molecule has 2 aromatic carbocycles. The third-order valence-corrected chi connectivity index (χ3v) is 3.48. The van der Waals surface area contributed by atoms with Crippen molar-refractivity contribution in [3.63, 3.8) is 0 Å². The molecule has 0 aliphatic rings. The third-order valence-electron chi connectivity index (χ3n) is 3.02. The SMILES string of the molecule is Cc1cc(Br)cc(C(=O)Nc2c(C)cccc2C)c1. The van der Waals surface area contributed by atoms with Crippen LogP contribution in [0.3, 0.4) is 0 Å². The van der Waals surface area contributed by atoms with Gasteiger partial charge in [0.2, 0.25) is 0 Å². The number of aryl methyl sites for hydroxylation is 3. The topological polar surface area (TPSA) is 29.1 Å². The van der Waals surface area contributed by atoms with E-state index in [9.17, 15) is 4.79 Å². The summed E-state index contributed by atoms with van der Waals surface area (Å²) in [5.74, 6) is -0.0817. The lowest BCUT2D eigenvalue weighted by atomic mass is 10.1. The minimum atomic E-state index is -0.0817. The fraction of sp³-hybridized carbons (Fsp3) is 0.188. The molecule has 3 heteroatoms. The van der Waals surface area contributed by atoms with Gasteiger partial charge in [-0.25, -0.2) is 0 Å². The molecule has 0 spiro atoms. The number of nitrogens with one attached hydrogen (secondary N) is 1. The van der Waals surface area contributed by atoms with Gasteiger partial charge in [-0.15, -0.1) is 0 Å². The van der Waals surface area contributed by atoms with Crippen LogP contribution in [-0.4, -0.2) is 5.91 Å². The molecule has 0 bridgehead atoms. The summed E-state index contributed by atoms with van der Waals surface area (Å²) in [5.41, 5.74) is 4.75. The van der Waals surface area contributed by atoms with Crippen LogP contribution >= 0.6 is 15.9 Å². The number of halogens is 1. The average Bonchev–Trinajstić information content (AvgIpc) is 2.32. The molecule has 2 rings (SSSR count). The van der Waals surface area contributed by atoms with Crippen molar-refractivity contribution in [1.82, 2.24) is 0 Å². The first kappa shape index (κ1) is 13.8. The van der Waals surface area contributed by atoms with Gasteiger partial charge in [0.25, 0.3) is 5.91 Å². The average molecular weight is 318 g/mol. The summed E-state index contributed by atoms with van der Waals surface area (Å²) in [5, 5.41) is 2.99. The van der Waals surface area contributed by atoms with Crippen molar-refractivity contribution in [2.45, 2.75) is 20.8 Å². The lowest BCUT2D eigenvalue weighted by Gasteiger charge is -2.12. The zero-order valence-electron chi connectivity index (χ0n) is 11.3. The van der Waals surface area contributed by atoms with Crippen LogP contribution in [0.2, 0.25) is 0 Å². The van der Waals surface area contributed by atoms with Crippen molar-refractivity contribution in [2.75, 3.05) is 5.32 Å². The monoisotopic (exact) mass is 317 g/mol. The highest BCUT2D eigenvalue weighted by Gasteiger charge is 2.10. The summed E-state index contributed by atoms with van der Waals surface area (Å²) in [4.78, 5) is 12.3. The molecule has 98 valence electrons. The molecular formula is C16H16BrNO. The van der Waals surface area contributed by atoms with Crippen LogP contribution in [0, 0.1) is 20.8 Å². The van der Waals surface area contributed by atoms with E-state index >= 15 is 0 Å². The Morgan fingerprint density at radius 1 is 1.05 bits per heavy atom. The lowest BCUT2D eigenvalue weighted by molar-refractivity contribution is 0.102. The number of carbonyl (C=O) groups is 1. The van der Waals surface area contributed by atoms with Gasteiger partial charge in [-0.3, -0.25) is 4.79 Å². The zero-order chi connectivity index (χ0) is 14.0. The van der Waals surface area contributed by atoms with E-state index in [0.29, 0.717) is 5.56 Å². The van der Waals surface area contributed by atoms with Crippen molar-refractivity contribution < 1.29 is 4.79 Å². The first-order valence-corrected chi connectivity index (χ1v) is 6.91. The van der Waals surface area contributed by atoms with Gasteiger partial charge >= 0.3 is 0 Å². The van der Waals surface area contributed by atoms with Gasteiger partial charge in [-0.2, -0.15) is 0 Å². The molecule has 0 heterocycles. The summed E-state index contributed by atoms with van der Waals surface area (Å²) < 4.78 is 0.916. The van der Waals surface area contributed by atoms with Gasteiger partial charge < -0.3 is 5.32 Å². The number of carbonyl (C=O) groups excluding carboxylic acids is 1. The lowest BCUT2D eigenvalue weighted by Crippen LogP contribution is -2.14. The minimum absolute atomic E-state index is 0.0817. The predicted octanol–water partition coefficient (Wildman–Crippen LogP) is 4.63. The normalized spacial score (nSPS) is 10.3. The smallest absolute Gasteiger partial charge is 0.255 e. The summed E-state index contributed by atoms with van der Waals surface area (Å²) in [6, 6.07) is 11.7. The maximum atomic E-state index is 12.3. The molecule has 0 aromatic heterocycles. The molecule has 19 heavy (non-hydrogen) atoms. The van der Waals surface area contributed by atoms with Crippen LogP contribution in [0.15, 0.2) is 40.9 Å². The van der Waals surface area contributed by atoms with Crippen molar-refractivity contribution in [1.29, 1.82) is 0 Å². The summed E-state index contributed by atoms with van der Waals surface area (Å²) in [6.45, 7) is 5.96. The quantitative estimate of drug-likeness (QED) is 0.859. The summed E-state index contributed by atoms with van der Waals surface area (Å²) >= 11 is 3.42. The number of amides is 1. The maximum absolute atomic E-state index is 12.3. The van der Waals surface area contributed by atoms with E-state index in [2.05, 4.69) is 21.2 Å². The van der Waals surface area contributed by atoms with Gasteiger partial charge in [-0.1, -0.05) is 34.1 Å². The molecule has 0 saturated carbocycles. The predicted molar refractivity (Wildman–Crippen MR) is 82.7 cm³/mol. The van der Waals surface area contributed by atoms with Gasteiger partial charge in [0.15, 0.2) is 0 Å². The fourth-order valence-corrected chi connectivity index (χ4v) is 2.67. The molecule has 0 aliphatic heterocycles. The van der Waals surface area contributed by atoms with Gasteiger partial charge in [0.1, 0.15) is 0 Å². The van der Waals surface area contributed by atoms with E-state index in [1.807, 2.05) is 57.2 Å². The van der Waals surface area contributed by atoms with Crippen molar-refractivity contribution >= 4 is 27.5 Å². The molecule has 1 amide bonds. The number of anilines is 1. The second kappa shape index (κ2) is 5.57. The number of hydrogen-bond acceptors (Lipinski definition) is 1. The van der Waals surface area contributed by atoms with E-state index in [0.717, 1.165) is 26.9 Å². The maximum Gasteiger partial charge on any atom is 0.255 e. The Morgan fingerprint density at radius 2 is 1.68 bits per heavy atom. The van der Waals surface area contributed by atoms with Crippen molar-refractivity contribution in [3.8, 4) is 0 Å². The van der Waals surface area contributed by atoms with Crippen LogP contribution in [0.4, 0.5) is 5.69 Å². The van der Waals surface area contributed by atoms with E-state index in [1.165, 1.54) is 0 Å². The molecule has 0 radical (unpaired) electrons. The Hall–Kier alpha value is -1.61. The van der Waals surface area contributed by atoms with E-state index in [1.54, 1.807) is 0 Å².